The average molecular weight is 1160 g/mol. The minimum atomic E-state index is -1.53. The number of rotatable bonds is 39. The van der Waals surface area contributed by atoms with Gasteiger partial charge in [-0.2, -0.15) is 0 Å². The number of guanidine groups is 2. The number of aliphatic carboxylic acids is 2. The van der Waals surface area contributed by atoms with Crippen LogP contribution < -0.4 is 76.9 Å². The van der Waals surface area contributed by atoms with Gasteiger partial charge in [-0.15, -0.1) is 0 Å². The number of hydrogen-bond acceptors (Lipinski definition) is 15. The number of carbonyl (C=O) groups is 11. The van der Waals surface area contributed by atoms with Gasteiger partial charge < -0.3 is 92.3 Å². The second kappa shape index (κ2) is 36.8. The number of primary amides is 1. The maximum absolute atomic E-state index is 14.3. The molecule has 0 saturated carbocycles. The van der Waals surface area contributed by atoms with E-state index in [1.807, 2.05) is 0 Å². The highest BCUT2D eigenvalue weighted by Gasteiger charge is 2.36. The number of carboxylic acid groups (broad SMARTS) is 2. The van der Waals surface area contributed by atoms with Crippen LogP contribution in [0.15, 0.2) is 34.3 Å². The number of phenols is 1. The zero-order valence-corrected chi connectivity index (χ0v) is 47.8. The van der Waals surface area contributed by atoms with Gasteiger partial charge in [-0.1, -0.05) is 60.1 Å². The van der Waals surface area contributed by atoms with E-state index in [0.717, 1.165) is 0 Å². The fourth-order valence-electron chi connectivity index (χ4n) is 7.97. The quantitative estimate of drug-likeness (QED) is 0.0174. The molecular weight excluding hydrogens is 1070 g/mol. The van der Waals surface area contributed by atoms with Gasteiger partial charge in [0.2, 0.25) is 53.2 Å². The molecule has 82 heavy (non-hydrogen) atoms. The molecular formula is C52H88N16O14. The predicted molar refractivity (Wildman–Crippen MR) is 302 cm³/mol. The van der Waals surface area contributed by atoms with E-state index in [2.05, 4.69) is 52.5 Å². The monoisotopic (exact) mass is 1160 g/mol. The second-order valence-electron chi connectivity index (χ2n) is 20.9. The lowest BCUT2D eigenvalue weighted by molar-refractivity contribution is -0.143. The van der Waals surface area contributed by atoms with Crippen molar-refractivity contribution in [3.05, 3.63) is 29.8 Å². The number of benzene rings is 1. The Kier molecular flexibility index (Phi) is 32.2. The summed E-state index contributed by atoms with van der Waals surface area (Å²) < 4.78 is 0. The average Bonchev–Trinajstić information content (AvgIpc) is 3.39. The molecule has 30 heteroatoms. The van der Waals surface area contributed by atoms with Crippen molar-refractivity contribution in [3.63, 3.8) is 0 Å². The number of carboxylic acids is 2. The van der Waals surface area contributed by atoms with Crippen LogP contribution in [-0.4, -0.2) is 160 Å². The van der Waals surface area contributed by atoms with Crippen LogP contribution in [0.2, 0.25) is 0 Å². The van der Waals surface area contributed by atoms with Crippen molar-refractivity contribution in [1.82, 2.24) is 42.5 Å². The molecule has 0 spiro atoms. The third-order valence-corrected chi connectivity index (χ3v) is 12.7. The Morgan fingerprint density at radius 2 is 0.927 bits per heavy atom. The molecule has 1 aromatic carbocycles. The fourth-order valence-corrected chi connectivity index (χ4v) is 7.97. The minimum absolute atomic E-state index is 0.0119. The summed E-state index contributed by atoms with van der Waals surface area (Å²) in [6.07, 6.45) is -1.20. The number of phenolic OH excluding ortho intramolecular Hbond substituents is 1. The first-order valence-corrected chi connectivity index (χ1v) is 27.1. The van der Waals surface area contributed by atoms with Crippen molar-refractivity contribution >= 4 is 77.0 Å². The molecule has 0 radical (unpaired) electrons. The van der Waals surface area contributed by atoms with E-state index in [9.17, 15) is 63.0 Å². The molecule has 10 atom stereocenters. The molecule has 0 aliphatic rings. The molecule has 0 fully saturated rings. The first-order valence-electron chi connectivity index (χ1n) is 27.1. The molecule has 1 aromatic rings. The second-order valence-corrected chi connectivity index (χ2v) is 20.9. The van der Waals surface area contributed by atoms with Crippen molar-refractivity contribution in [2.75, 3.05) is 13.1 Å². The van der Waals surface area contributed by atoms with E-state index >= 15 is 0 Å². The van der Waals surface area contributed by atoms with E-state index < -0.39 is 138 Å². The van der Waals surface area contributed by atoms with Crippen LogP contribution in [0.25, 0.3) is 0 Å². The first-order chi connectivity index (χ1) is 38.3. The van der Waals surface area contributed by atoms with Gasteiger partial charge in [0.05, 0.1) is 6.04 Å². The van der Waals surface area contributed by atoms with Gasteiger partial charge in [0.15, 0.2) is 11.9 Å². The van der Waals surface area contributed by atoms with Gasteiger partial charge in [0.1, 0.15) is 54.1 Å². The molecule has 0 aromatic heterocycles. The predicted octanol–water partition coefficient (Wildman–Crippen LogP) is -3.38. The maximum atomic E-state index is 14.3. The Labute approximate surface area is 477 Å². The fraction of sp³-hybridized carbons (Fsp3) is 0.635. The zero-order valence-electron chi connectivity index (χ0n) is 47.8. The SMILES string of the molecule is CC[C@H](C)[C@H](NC(=O)[C@H](Cc1ccc(O)cc1)NC(=O)[C@@H](N)CCC(=O)O)C(=O)N[C@@H](CCCN=C(N)N)C(=O)N[C@@H](C)C(=O)N[C@@H](CC(C)C)C(=O)N[C@@H](CCC(N)=O)C(=O)N[C@@H](CCCN=C(N)N)C(=O)N[C@@H](CC(C)C)C(=O)O. The van der Waals surface area contributed by atoms with E-state index in [4.69, 9.17) is 39.5 Å². The first kappa shape index (κ1) is 71.7. The van der Waals surface area contributed by atoms with Crippen LogP contribution in [0.5, 0.6) is 5.75 Å². The van der Waals surface area contributed by atoms with Crippen LogP contribution in [0.1, 0.15) is 125 Å². The van der Waals surface area contributed by atoms with Gasteiger partial charge in [-0.05, 0) is 93.7 Å². The van der Waals surface area contributed by atoms with Gasteiger partial charge in [-0.3, -0.25) is 57.9 Å². The van der Waals surface area contributed by atoms with E-state index in [-0.39, 0.29) is 100 Å². The summed E-state index contributed by atoms with van der Waals surface area (Å²) in [5.41, 5.74) is 33.7. The van der Waals surface area contributed by atoms with Crippen molar-refractivity contribution < 1.29 is 68.1 Å². The highest BCUT2D eigenvalue weighted by Crippen LogP contribution is 2.16. The smallest absolute Gasteiger partial charge is 0.326 e. The summed E-state index contributed by atoms with van der Waals surface area (Å²) in [5, 5.41) is 49.2. The number of aliphatic imine (C=N–C) groups is 2. The summed E-state index contributed by atoms with van der Waals surface area (Å²) in [6.45, 7) is 11.7. The molecule has 23 N–H and O–H groups in total. The van der Waals surface area contributed by atoms with Crippen LogP contribution in [0, 0.1) is 17.8 Å². The Morgan fingerprint density at radius 1 is 0.500 bits per heavy atom. The minimum Gasteiger partial charge on any atom is -0.508 e. The zero-order chi connectivity index (χ0) is 62.4. The number of nitrogens with two attached hydrogens (primary N) is 6. The molecule has 0 heterocycles. The molecule has 1 rings (SSSR count). The molecule has 0 aliphatic heterocycles. The molecule has 0 aliphatic carbocycles. The Hall–Kier alpha value is -8.31. The van der Waals surface area contributed by atoms with E-state index in [1.54, 1.807) is 41.5 Å². The molecule has 0 saturated heterocycles. The Balaban J connectivity index is 3.52. The van der Waals surface area contributed by atoms with Crippen molar-refractivity contribution in [1.29, 1.82) is 0 Å². The van der Waals surface area contributed by atoms with E-state index in [1.165, 1.54) is 31.2 Å². The summed E-state index contributed by atoms with van der Waals surface area (Å²) in [7, 11) is 0. The lowest BCUT2D eigenvalue weighted by atomic mass is 9.96. The van der Waals surface area contributed by atoms with Crippen molar-refractivity contribution in [3.8, 4) is 5.75 Å². The van der Waals surface area contributed by atoms with Gasteiger partial charge >= 0.3 is 11.9 Å². The van der Waals surface area contributed by atoms with Gasteiger partial charge in [0.25, 0.3) is 0 Å². The van der Waals surface area contributed by atoms with E-state index in [0.29, 0.717) is 12.0 Å². The van der Waals surface area contributed by atoms with Crippen LogP contribution in [0.4, 0.5) is 0 Å². The number of nitrogens with one attached hydrogen (secondary N) is 8. The van der Waals surface area contributed by atoms with Crippen LogP contribution >= 0.6 is 0 Å². The van der Waals surface area contributed by atoms with Crippen LogP contribution in [0.3, 0.4) is 0 Å². The standard InChI is InChI=1S/C52H88N16O14/c1-8-28(6)41(68-48(79)37(25-30-13-15-31(69)16-14-30)66-43(74)32(53)17-20-40(71)72)49(80)64-33(11-9-21-59-51(55)56)44(75)61-29(7)42(73)65-36(23-26(2)3)47(78)63-35(18-19-39(54)70)46(77)62-34(12-10-22-60-52(57)58)45(76)67-38(50(81)82)24-27(4)5/h13-16,26-29,32-38,41,69H,8-12,17-25,53H2,1-7H3,(H2,54,70)(H,61,75)(H,62,77)(H,63,78)(H,64,80)(H,65,73)(H,66,74)(H,67,76)(H,68,79)(H,71,72)(H,81,82)(H4,55,56,59)(H4,57,58,60)/t28-,29-,32-,33-,34-,35-,36-,37-,38-,41-/m0/s1. The molecule has 30 nitrogen and oxygen atoms in total. The third kappa shape index (κ3) is 28.7. The largest absolute Gasteiger partial charge is 0.508 e. The topological polar surface area (TPSA) is 526 Å². The highest BCUT2D eigenvalue weighted by atomic mass is 16.4. The molecule has 0 bridgehead atoms. The summed E-state index contributed by atoms with van der Waals surface area (Å²) in [6, 6.07) is -6.71. The number of amides is 9. The van der Waals surface area contributed by atoms with Gasteiger partial charge in [-0.25, -0.2) is 4.79 Å². The summed E-state index contributed by atoms with van der Waals surface area (Å²) in [4.78, 5) is 154. The number of nitrogens with zero attached hydrogens (tertiary/aromatic N) is 2. The Morgan fingerprint density at radius 3 is 1.39 bits per heavy atom. The van der Waals surface area contributed by atoms with Crippen LogP contribution in [-0.2, 0) is 59.2 Å². The highest BCUT2D eigenvalue weighted by molar-refractivity contribution is 5.98. The lowest BCUT2D eigenvalue weighted by Crippen LogP contribution is -2.61. The van der Waals surface area contributed by atoms with Gasteiger partial charge in [0, 0.05) is 32.4 Å². The molecule has 460 valence electrons. The molecule has 9 amide bonds. The number of carbonyl (C=O) groups excluding carboxylic acids is 9. The third-order valence-electron chi connectivity index (χ3n) is 12.7. The normalized spacial score (nSPS) is 14.7. The summed E-state index contributed by atoms with van der Waals surface area (Å²) in [5.74, 6) is -11.9. The maximum Gasteiger partial charge on any atom is 0.326 e. The molecule has 0 unspecified atom stereocenters. The van der Waals surface area contributed by atoms with Crippen molar-refractivity contribution in [2.24, 2.45) is 62.1 Å². The number of aromatic hydroxyl groups is 1. The Bertz CT molecular complexity index is 2380. The lowest BCUT2D eigenvalue weighted by Gasteiger charge is -2.29. The summed E-state index contributed by atoms with van der Waals surface area (Å²) >= 11 is 0. The van der Waals surface area contributed by atoms with Crippen molar-refractivity contribution in [2.45, 2.75) is 180 Å². The number of hydrogen-bond donors (Lipinski definition) is 17.